The first-order chi connectivity index (χ1) is 7.75. The van der Waals surface area contributed by atoms with E-state index in [1.54, 1.807) is 11.3 Å². The van der Waals surface area contributed by atoms with Gasteiger partial charge >= 0.3 is 0 Å². The van der Waals surface area contributed by atoms with Crippen LogP contribution in [0.1, 0.15) is 18.7 Å². The zero-order valence-electron chi connectivity index (χ0n) is 9.64. The van der Waals surface area contributed by atoms with Crippen LogP contribution in [0.25, 0.3) is 0 Å². The van der Waals surface area contributed by atoms with Crippen molar-refractivity contribution in [3.05, 3.63) is 46.7 Å². The van der Waals surface area contributed by atoms with Crippen molar-refractivity contribution in [3.8, 4) is 11.5 Å². The monoisotopic (exact) mass is 232 g/mol. The number of benzene rings is 1. The molecule has 1 heterocycles. The Hall–Kier alpha value is -1.28. The van der Waals surface area contributed by atoms with Crippen LogP contribution in [0.3, 0.4) is 0 Å². The van der Waals surface area contributed by atoms with Crippen molar-refractivity contribution < 1.29 is 4.74 Å². The molecule has 0 aliphatic heterocycles. The number of para-hydroxylation sites is 1. The number of ether oxygens (including phenoxy) is 1. The van der Waals surface area contributed by atoms with Crippen molar-refractivity contribution in [1.29, 1.82) is 0 Å². The zero-order valence-corrected chi connectivity index (χ0v) is 10.5. The van der Waals surface area contributed by atoms with Gasteiger partial charge in [-0.2, -0.15) is 0 Å². The molecule has 0 N–H and O–H groups in total. The summed E-state index contributed by atoms with van der Waals surface area (Å²) in [7, 11) is 0. The highest BCUT2D eigenvalue weighted by Crippen LogP contribution is 2.31. The normalized spacial score (nSPS) is 10.7. The molecule has 0 radical (unpaired) electrons. The molecule has 1 aromatic heterocycles. The van der Waals surface area contributed by atoms with E-state index in [4.69, 9.17) is 4.74 Å². The molecule has 0 unspecified atom stereocenters. The van der Waals surface area contributed by atoms with Gasteiger partial charge in [0.25, 0.3) is 0 Å². The summed E-state index contributed by atoms with van der Waals surface area (Å²) in [4.78, 5) is 1.33. The molecule has 1 aromatic carbocycles. The quantitative estimate of drug-likeness (QED) is 0.740. The molecule has 0 bridgehead atoms. The standard InChI is InChI=1S/C14H16OS/c1-11(2)10-14-13(8-9-16-14)15-12-6-4-3-5-7-12/h3-9,11H,10H2,1-2H3. The summed E-state index contributed by atoms with van der Waals surface area (Å²) in [6, 6.07) is 12.0. The summed E-state index contributed by atoms with van der Waals surface area (Å²) in [5.74, 6) is 2.58. The number of thiophene rings is 1. The molecule has 0 spiro atoms. The zero-order chi connectivity index (χ0) is 11.4. The third kappa shape index (κ3) is 2.86. The van der Waals surface area contributed by atoms with E-state index in [-0.39, 0.29) is 0 Å². The fraction of sp³-hybridized carbons (Fsp3) is 0.286. The number of hydrogen-bond acceptors (Lipinski definition) is 2. The third-order valence-corrected chi connectivity index (χ3v) is 3.19. The van der Waals surface area contributed by atoms with Gasteiger partial charge in [-0.3, -0.25) is 0 Å². The summed E-state index contributed by atoms with van der Waals surface area (Å²) >= 11 is 1.77. The van der Waals surface area contributed by atoms with Gasteiger partial charge in [0.05, 0.1) is 0 Å². The van der Waals surface area contributed by atoms with Crippen molar-refractivity contribution in [2.24, 2.45) is 5.92 Å². The van der Waals surface area contributed by atoms with E-state index in [1.807, 2.05) is 30.3 Å². The molecule has 2 aromatic rings. The van der Waals surface area contributed by atoms with Gasteiger partial charge in [-0.25, -0.2) is 0 Å². The van der Waals surface area contributed by atoms with Gasteiger partial charge in [0.2, 0.25) is 0 Å². The van der Waals surface area contributed by atoms with E-state index in [2.05, 4.69) is 25.3 Å². The molecular formula is C14H16OS. The fourth-order valence-electron chi connectivity index (χ4n) is 1.55. The minimum Gasteiger partial charge on any atom is -0.456 e. The van der Waals surface area contributed by atoms with Gasteiger partial charge in [-0.15, -0.1) is 11.3 Å². The van der Waals surface area contributed by atoms with Crippen molar-refractivity contribution in [1.82, 2.24) is 0 Å². The SMILES string of the molecule is CC(C)Cc1sccc1Oc1ccccc1. The van der Waals surface area contributed by atoms with Crippen LogP contribution < -0.4 is 4.74 Å². The smallest absolute Gasteiger partial charge is 0.141 e. The lowest BCUT2D eigenvalue weighted by molar-refractivity contribution is 0.475. The van der Waals surface area contributed by atoms with E-state index in [0.717, 1.165) is 17.9 Å². The van der Waals surface area contributed by atoms with Gasteiger partial charge in [0.15, 0.2) is 0 Å². The van der Waals surface area contributed by atoms with Gasteiger partial charge < -0.3 is 4.74 Å². The summed E-state index contributed by atoms with van der Waals surface area (Å²) in [6.45, 7) is 4.46. The molecule has 2 heteroatoms. The van der Waals surface area contributed by atoms with E-state index in [9.17, 15) is 0 Å². The highest BCUT2D eigenvalue weighted by atomic mass is 32.1. The molecule has 0 saturated carbocycles. The van der Waals surface area contributed by atoms with Crippen LogP contribution in [0.15, 0.2) is 41.8 Å². The molecule has 0 saturated heterocycles. The summed E-state index contributed by atoms with van der Waals surface area (Å²) in [6.07, 6.45) is 1.08. The van der Waals surface area contributed by atoms with Crippen LogP contribution in [0.2, 0.25) is 0 Å². The van der Waals surface area contributed by atoms with E-state index >= 15 is 0 Å². The maximum absolute atomic E-state index is 5.86. The average Bonchev–Trinajstić information content (AvgIpc) is 2.66. The lowest BCUT2D eigenvalue weighted by Crippen LogP contribution is -1.93. The Morgan fingerprint density at radius 2 is 1.88 bits per heavy atom. The highest BCUT2D eigenvalue weighted by Gasteiger charge is 2.08. The Bertz CT molecular complexity index is 431. The first-order valence-electron chi connectivity index (χ1n) is 5.55. The second-order valence-corrected chi connectivity index (χ2v) is 5.22. The molecule has 0 aliphatic rings. The van der Waals surface area contributed by atoms with Crippen LogP contribution >= 0.6 is 11.3 Å². The second-order valence-electron chi connectivity index (χ2n) is 4.22. The van der Waals surface area contributed by atoms with Crippen molar-refractivity contribution in [3.63, 3.8) is 0 Å². The predicted molar refractivity (Wildman–Crippen MR) is 69.4 cm³/mol. The molecule has 1 nitrogen and oxygen atoms in total. The van der Waals surface area contributed by atoms with Crippen molar-refractivity contribution in [2.75, 3.05) is 0 Å². The van der Waals surface area contributed by atoms with Gasteiger partial charge in [0.1, 0.15) is 11.5 Å². The largest absolute Gasteiger partial charge is 0.456 e. The van der Waals surface area contributed by atoms with E-state index < -0.39 is 0 Å². The van der Waals surface area contributed by atoms with Crippen LogP contribution in [-0.2, 0) is 6.42 Å². The highest BCUT2D eigenvalue weighted by molar-refractivity contribution is 7.10. The molecule has 16 heavy (non-hydrogen) atoms. The van der Waals surface area contributed by atoms with Gasteiger partial charge in [-0.1, -0.05) is 32.0 Å². The topological polar surface area (TPSA) is 9.23 Å². The molecule has 84 valence electrons. The molecular weight excluding hydrogens is 216 g/mol. The Balaban J connectivity index is 2.13. The summed E-state index contributed by atoms with van der Waals surface area (Å²) in [5, 5.41) is 2.09. The third-order valence-electron chi connectivity index (χ3n) is 2.27. The fourth-order valence-corrected chi connectivity index (χ4v) is 2.57. The Kier molecular flexibility index (Phi) is 3.62. The molecule has 0 aliphatic carbocycles. The summed E-state index contributed by atoms with van der Waals surface area (Å²) in [5.41, 5.74) is 0. The maximum Gasteiger partial charge on any atom is 0.141 e. The minimum atomic E-state index is 0.664. The molecule has 0 amide bonds. The Morgan fingerprint density at radius 1 is 1.12 bits per heavy atom. The first kappa shape index (κ1) is 11.2. The van der Waals surface area contributed by atoms with Crippen LogP contribution in [0.4, 0.5) is 0 Å². The molecule has 0 atom stereocenters. The molecule has 0 fully saturated rings. The van der Waals surface area contributed by atoms with E-state index in [1.165, 1.54) is 4.88 Å². The Morgan fingerprint density at radius 3 is 2.56 bits per heavy atom. The maximum atomic E-state index is 5.86. The van der Waals surface area contributed by atoms with E-state index in [0.29, 0.717) is 5.92 Å². The average molecular weight is 232 g/mol. The number of hydrogen-bond donors (Lipinski definition) is 0. The lowest BCUT2D eigenvalue weighted by Gasteiger charge is -2.08. The van der Waals surface area contributed by atoms with Gasteiger partial charge in [-0.05, 0) is 35.9 Å². The molecule has 2 rings (SSSR count). The van der Waals surface area contributed by atoms with Crippen molar-refractivity contribution >= 4 is 11.3 Å². The lowest BCUT2D eigenvalue weighted by atomic mass is 10.1. The Labute approximate surface area is 101 Å². The second kappa shape index (κ2) is 5.17. The number of rotatable bonds is 4. The van der Waals surface area contributed by atoms with Crippen molar-refractivity contribution in [2.45, 2.75) is 20.3 Å². The first-order valence-corrected chi connectivity index (χ1v) is 6.43. The minimum absolute atomic E-state index is 0.664. The van der Waals surface area contributed by atoms with Crippen LogP contribution in [-0.4, -0.2) is 0 Å². The van der Waals surface area contributed by atoms with Crippen LogP contribution in [0.5, 0.6) is 11.5 Å². The predicted octanol–water partition coefficient (Wildman–Crippen LogP) is 4.74. The van der Waals surface area contributed by atoms with Gasteiger partial charge in [0, 0.05) is 4.88 Å². The van der Waals surface area contributed by atoms with Crippen LogP contribution in [0, 0.1) is 5.92 Å². The summed E-state index contributed by atoms with van der Waals surface area (Å²) < 4.78 is 5.86.